The molecule has 0 bridgehead atoms. The van der Waals surface area contributed by atoms with Crippen LogP contribution in [-0.4, -0.2) is 5.11 Å². The van der Waals surface area contributed by atoms with E-state index in [0.717, 1.165) is 28.2 Å². The molecule has 0 unspecified atom stereocenters. The zero-order valence-electron chi connectivity index (χ0n) is 16.2. The van der Waals surface area contributed by atoms with Gasteiger partial charge in [-0.25, -0.2) is 5.01 Å². The van der Waals surface area contributed by atoms with Crippen LogP contribution in [0.5, 0.6) is 0 Å². The molecule has 3 rings (SSSR count). The first kappa shape index (κ1) is 17.4. The largest absolute Gasteiger partial charge is 0.492 e. The summed E-state index contributed by atoms with van der Waals surface area (Å²) in [6.45, 7) is 14.5. The summed E-state index contributed by atoms with van der Waals surface area (Å²) in [4.78, 5) is 0. The maximum absolute atomic E-state index is 10.8. The summed E-state index contributed by atoms with van der Waals surface area (Å²) < 4.78 is 0. The molecular weight excluding hydrogens is 310 g/mol. The van der Waals surface area contributed by atoms with Gasteiger partial charge in [-0.3, -0.25) is 5.01 Å². The maximum Gasteiger partial charge on any atom is 0.229 e. The van der Waals surface area contributed by atoms with Crippen LogP contribution >= 0.6 is 0 Å². The van der Waals surface area contributed by atoms with E-state index in [2.05, 4.69) is 71.3 Å². The standard InChI is InChI=1S/C21H27N3O/c1-12-8-14(3)19(15(4)9-12)23-18(7)21(25)24(22-23)20-16(5)10-13(2)11-17(20)6/h8-11,22,25H,1-7H3. The van der Waals surface area contributed by atoms with Crippen LogP contribution in [0.1, 0.15) is 40.3 Å². The number of aliphatic hydroxyl groups excluding tert-OH is 1. The molecule has 0 aliphatic carbocycles. The highest BCUT2D eigenvalue weighted by Gasteiger charge is 2.31. The van der Waals surface area contributed by atoms with Gasteiger partial charge in [-0.15, -0.1) is 5.53 Å². The molecular formula is C21H27N3O. The predicted octanol–water partition coefficient (Wildman–Crippen LogP) is 5.03. The van der Waals surface area contributed by atoms with Crippen molar-refractivity contribution in [3.63, 3.8) is 0 Å². The molecule has 0 fully saturated rings. The molecule has 4 nitrogen and oxygen atoms in total. The zero-order chi connectivity index (χ0) is 18.5. The molecule has 0 saturated carbocycles. The van der Waals surface area contributed by atoms with Crippen LogP contribution in [0.25, 0.3) is 0 Å². The molecule has 2 aromatic rings. The van der Waals surface area contributed by atoms with Gasteiger partial charge in [0.25, 0.3) is 0 Å². The number of benzene rings is 2. The van der Waals surface area contributed by atoms with Gasteiger partial charge < -0.3 is 5.11 Å². The molecule has 0 atom stereocenters. The van der Waals surface area contributed by atoms with Crippen molar-refractivity contribution in [2.45, 2.75) is 48.5 Å². The minimum absolute atomic E-state index is 0.231. The lowest BCUT2D eigenvalue weighted by Crippen LogP contribution is -2.42. The molecule has 1 heterocycles. The van der Waals surface area contributed by atoms with Crippen molar-refractivity contribution in [3.8, 4) is 0 Å². The van der Waals surface area contributed by atoms with Crippen LogP contribution in [0.2, 0.25) is 0 Å². The summed E-state index contributed by atoms with van der Waals surface area (Å²) in [5, 5.41) is 14.5. The molecule has 0 amide bonds. The first-order valence-corrected chi connectivity index (χ1v) is 8.62. The molecule has 1 aliphatic rings. The molecule has 1 aliphatic heterocycles. The van der Waals surface area contributed by atoms with E-state index in [9.17, 15) is 5.11 Å². The second-order valence-electron chi connectivity index (χ2n) is 7.17. The molecule has 25 heavy (non-hydrogen) atoms. The Morgan fingerprint density at radius 3 is 1.40 bits per heavy atom. The molecule has 0 spiro atoms. The van der Waals surface area contributed by atoms with E-state index < -0.39 is 0 Å². The molecule has 0 aromatic heterocycles. The lowest BCUT2D eigenvalue weighted by Gasteiger charge is -2.28. The first-order chi connectivity index (χ1) is 11.7. The highest BCUT2D eigenvalue weighted by atomic mass is 16.3. The van der Waals surface area contributed by atoms with Gasteiger partial charge in [-0.1, -0.05) is 35.4 Å². The number of hydrogen-bond donors (Lipinski definition) is 2. The fourth-order valence-electron chi connectivity index (χ4n) is 3.91. The molecule has 2 aromatic carbocycles. The van der Waals surface area contributed by atoms with Crippen molar-refractivity contribution in [1.82, 2.24) is 5.53 Å². The summed E-state index contributed by atoms with van der Waals surface area (Å²) in [6.07, 6.45) is 0. The van der Waals surface area contributed by atoms with Gasteiger partial charge in [-0.2, -0.15) is 0 Å². The lowest BCUT2D eigenvalue weighted by atomic mass is 10.0. The van der Waals surface area contributed by atoms with E-state index in [4.69, 9.17) is 0 Å². The number of rotatable bonds is 2. The normalized spacial score (nSPS) is 14.7. The number of hydrogen-bond acceptors (Lipinski definition) is 4. The van der Waals surface area contributed by atoms with Crippen LogP contribution in [0.3, 0.4) is 0 Å². The van der Waals surface area contributed by atoms with E-state index in [1.54, 1.807) is 5.01 Å². The number of aryl methyl sites for hydroxylation is 6. The number of anilines is 2. The molecule has 0 radical (unpaired) electrons. The SMILES string of the molecule is CC1=C(O)N(c2c(C)cc(C)cc2C)NN1c1c(C)cc(C)cc1C. The van der Waals surface area contributed by atoms with Crippen molar-refractivity contribution >= 4 is 11.4 Å². The van der Waals surface area contributed by atoms with Gasteiger partial charge in [0.2, 0.25) is 5.88 Å². The summed E-state index contributed by atoms with van der Waals surface area (Å²) >= 11 is 0. The molecule has 132 valence electrons. The third kappa shape index (κ3) is 2.87. The van der Waals surface area contributed by atoms with Crippen molar-refractivity contribution in [2.75, 3.05) is 10.0 Å². The average Bonchev–Trinajstić information content (AvgIpc) is 2.74. The highest BCUT2D eigenvalue weighted by Crippen LogP contribution is 2.36. The summed E-state index contributed by atoms with van der Waals surface area (Å²) in [5.41, 5.74) is 13.3. The van der Waals surface area contributed by atoms with Crippen LogP contribution in [0.15, 0.2) is 35.8 Å². The number of aliphatic hydroxyl groups is 1. The Hall–Kier alpha value is -2.46. The number of nitrogens with one attached hydrogen (secondary N) is 1. The number of hydrazine groups is 2. The van der Waals surface area contributed by atoms with Gasteiger partial charge in [0.1, 0.15) is 0 Å². The molecule has 4 heteroatoms. The van der Waals surface area contributed by atoms with E-state index >= 15 is 0 Å². The minimum Gasteiger partial charge on any atom is -0.492 e. The van der Waals surface area contributed by atoms with E-state index in [-0.39, 0.29) is 5.88 Å². The van der Waals surface area contributed by atoms with Crippen LogP contribution in [0, 0.1) is 41.5 Å². The van der Waals surface area contributed by atoms with Gasteiger partial charge in [0.05, 0.1) is 17.1 Å². The van der Waals surface area contributed by atoms with Gasteiger partial charge in [0.15, 0.2) is 0 Å². The van der Waals surface area contributed by atoms with Gasteiger partial charge in [-0.05, 0) is 70.7 Å². The molecule has 2 N–H and O–H groups in total. The maximum atomic E-state index is 10.8. The van der Waals surface area contributed by atoms with E-state index in [0.29, 0.717) is 0 Å². The second kappa shape index (κ2) is 6.12. The quantitative estimate of drug-likeness (QED) is 0.806. The Bertz CT molecular complexity index is 765. The first-order valence-electron chi connectivity index (χ1n) is 8.62. The van der Waals surface area contributed by atoms with Crippen LogP contribution < -0.4 is 15.6 Å². The van der Waals surface area contributed by atoms with Crippen molar-refractivity contribution in [1.29, 1.82) is 0 Å². The zero-order valence-corrected chi connectivity index (χ0v) is 16.2. The average molecular weight is 337 g/mol. The van der Waals surface area contributed by atoms with Crippen molar-refractivity contribution in [2.24, 2.45) is 0 Å². The molecule has 0 saturated heterocycles. The third-order valence-electron chi connectivity index (χ3n) is 4.79. The second-order valence-corrected chi connectivity index (χ2v) is 7.17. The Balaban J connectivity index is 2.08. The van der Waals surface area contributed by atoms with Crippen LogP contribution in [0.4, 0.5) is 11.4 Å². The van der Waals surface area contributed by atoms with Crippen molar-refractivity contribution in [3.05, 3.63) is 69.2 Å². The summed E-state index contributed by atoms with van der Waals surface area (Å²) in [5.74, 6) is 0.231. The Morgan fingerprint density at radius 1 is 0.640 bits per heavy atom. The fraction of sp³-hybridized carbons (Fsp3) is 0.333. The summed E-state index contributed by atoms with van der Waals surface area (Å²) in [7, 11) is 0. The van der Waals surface area contributed by atoms with Gasteiger partial charge >= 0.3 is 0 Å². The van der Waals surface area contributed by atoms with E-state index in [1.807, 2.05) is 11.9 Å². The Kier molecular flexibility index (Phi) is 4.25. The fourth-order valence-corrected chi connectivity index (χ4v) is 3.91. The highest BCUT2D eigenvalue weighted by molar-refractivity contribution is 5.69. The Labute approximate surface area is 150 Å². The number of nitrogens with zero attached hydrogens (tertiary/aromatic N) is 2. The monoisotopic (exact) mass is 337 g/mol. The van der Waals surface area contributed by atoms with Gasteiger partial charge in [0, 0.05) is 0 Å². The summed E-state index contributed by atoms with van der Waals surface area (Å²) in [6, 6.07) is 8.61. The minimum atomic E-state index is 0.231. The van der Waals surface area contributed by atoms with E-state index in [1.165, 1.54) is 22.3 Å². The third-order valence-corrected chi connectivity index (χ3v) is 4.79. The smallest absolute Gasteiger partial charge is 0.229 e. The Morgan fingerprint density at radius 2 is 1.00 bits per heavy atom. The lowest BCUT2D eigenvalue weighted by molar-refractivity contribution is 0.387. The number of allylic oxidation sites excluding steroid dienone is 1. The topological polar surface area (TPSA) is 38.7 Å². The predicted molar refractivity (Wildman–Crippen MR) is 105 cm³/mol. The van der Waals surface area contributed by atoms with Crippen molar-refractivity contribution < 1.29 is 5.11 Å². The van der Waals surface area contributed by atoms with Crippen LogP contribution in [-0.2, 0) is 0 Å².